The molecule has 0 unspecified atom stereocenters. The maximum Gasteiger partial charge on any atom is 0.273 e. The van der Waals surface area contributed by atoms with Gasteiger partial charge in [-0.2, -0.15) is 0 Å². The van der Waals surface area contributed by atoms with Crippen molar-refractivity contribution in [2.45, 2.75) is 79.7 Å². The molecule has 0 aliphatic rings. The molecular weight excluding hydrogens is 342 g/mol. The first-order valence-electron chi connectivity index (χ1n) is 10.3. The van der Waals surface area contributed by atoms with Crippen LogP contribution < -0.4 is 5.32 Å². The Balaban J connectivity index is 2.64. The summed E-state index contributed by atoms with van der Waals surface area (Å²) in [4.78, 5) is 30.8. The van der Waals surface area contributed by atoms with E-state index in [1.165, 1.54) is 6.26 Å². The predicted molar refractivity (Wildman–Crippen MR) is 107 cm³/mol. The minimum Gasteiger partial charge on any atom is -0.446 e. The van der Waals surface area contributed by atoms with Crippen LogP contribution in [0.15, 0.2) is 10.7 Å². The van der Waals surface area contributed by atoms with Crippen LogP contribution in [0.3, 0.4) is 0 Å². The molecule has 0 aromatic carbocycles. The zero-order valence-electron chi connectivity index (χ0n) is 17.7. The van der Waals surface area contributed by atoms with Gasteiger partial charge in [-0.15, -0.1) is 0 Å². The van der Waals surface area contributed by atoms with Crippen molar-refractivity contribution in [2.75, 3.05) is 13.1 Å². The molecule has 0 spiro atoms. The molecule has 6 nitrogen and oxygen atoms in total. The fourth-order valence-electron chi connectivity index (χ4n) is 2.61. The molecule has 1 N–H and O–H groups in total. The third-order valence-electron chi connectivity index (χ3n) is 4.44. The monoisotopic (exact) mass is 379 g/mol. The number of rotatable bonds is 13. The lowest BCUT2D eigenvalue weighted by atomic mass is 10.1. The number of oxazole rings is 1. The van der Waals surface area contributed by atoms with Gasteiger partial charge in [-0.25, -0.2) is 4.98 Å². The van der Waals surface area contributed by atoms with E-state index >= 15 is 0 Å². The number of carbonyl (C=O) groups excluding carboxylic acids is 2. The standard InChI is InChI=1S/C21H37N3O3/c1-6-7-8-9-20(25)24(13-11-17(4)5)14-19-23-18(15-27-19)21(26)22-12-10-16(2)3/h15-17H,6-14H2,1-5H3,(H,22,26). The zero-order valence-corrected chi connectivity index (χ0v) is 17.7. The lowest BCUT2D eigenvalue weighted by Crippen LogP contribution is -2.32. The predicted octanol–water partition coefficient (Wildman–Crippen LogP) is 4.41. The van der Waals surface area contributed by atoms with Gasteiger partial charge in [0, 0.05) is 19.5 Å². The molecular formula is C21H37N3O3. The molecule has 0 fully saturated rings. The van der Waals surface area contributed by atoms with Crippen LogP contribution in [-0.2, 0) is 11.3 Å². The fraction of sp³-hybridized carbons (Fsp3) is 0.762. The average Bonchev–Trinajstić information content (AvgIpc) is 3.06. The second-order valence-electron chi connectivity index (χ2n) is 8.02. The van der Waals surface area contributed by atoms with Gasteiger partial charge in [0.1, 0.15) is 6.26 Å². The van der Waals surface area contributed by atoms with E-state index in [0.29, 0.717) is 43.8 Å². The summed E-state index contributed by atoms with van der Waals surface area (Å²) >= 11 is 0. The van der Waals surface area contributed by atoms with E-state index < -0.39 is 0 Å². The number of unbranched alkanes of at least 4 members (excludes halogenated alkanes) is 2. The molecule has 154 valence electrons. The highest BCUT2D eigenvalue weighted by atomic mass is 16.3. The van der Waals surface area contributed by atoms with Gasteiger partial charge in [0.2, 0.25) is 11.8 Å². The van der Waals surface area contributed by atoms with Crippen LogP contribution in [-0.4, -0.2) is 34.8 Å². The molecule has 0 atom stereocenters. The normalized spacial score (nSPS) is 11.2. The van der Waals surface area contributed by atoms with E-state index in [2.05, 4.69) is 44.9 Å². The Hall–Kier alpha value is -1.85. The van der Waals surface area contributed by atoms with Gasteiger partial charge < -0.3 is 14.6 Å². The van der Waals surface area contributed by atoms with Crippen molar-refractivity contribution >= 4 is 11.8 Å². The molecule has 1 aromatic rings. The van der Waals surface area contributed by atoms with Gasteiger partial charge in [0.05, 0.1) is 6.54 Å². The summed E-state index contributed by atoms with van der Waals surface area (Å²) in [7, 11) is 0. The molecule has 0 bridgehead atoms. The van der Waals surface area contributed by atoms with Gasteiger partial charge >= 0.3 is 0 Å². The number of nitrogens with zero attached hydrogens (tertiary/aromatic N) is 2. The first kappa shape index (κ1) is 23.2. The van der Waals surface area contributed by atoms with Gasteiger partial charge in [-0.3, -0.25) is 9.59 Å². The van der Waals surface area contributed by atoms with Crippen molar-refractivity contribution in [1.82, 2.24) is 15.2 Å². The van der Waals surface area contributed by atoms with Gasteiger partial charge in [-0.05, 0) is 31.1 Å². The molecule has 6 heteroatoms. The van der Waals surface area contributed by atoms with Crippen molar-refractivity contribution in [2.24, 2.45) is 11.8 Å². The van der Waals surface area contributed by atoms with Crippen molar-refractivity contribution in [1.29, 1.82) is 0 Å². The number of aromatic nitrogens is 1. The lowest BCUT2D eigenvalue weighted by Gasteiger charge is -2.22. The van der Waals surface area contributed by atoms with Gasteiger partial charge in [0.15, 0.2) is 5.69 Å². The van der Waals surface area contributed by atoms with Crippen molar-refractivity contribution in [3.63, 3.8) is 0 Å². The Morgan fingerprint density at radius 3 is 2.48 bits per heavy atom. The fourth-order valence-corrected chi connectivity index (χ4v) is 2.61. The molecule has 0 saturated heterocycles. The molecule has 1 rings (SSSR count). The zero-order chi connectivity index (χ0) is 20.2. The summed E-state index contributed by atoms with van der Waals surface area (Å²) in [5, 5.41) is 2.85. The van der Waals surface area contributed by atoms with E-state index in [1.807, 2.05) is 4.90 Å². The van der Waals surface area contributed by atoms with E-state index in [-0.39, 0.29) is 17.5 Å². The second kappa shape index (κ2) is 12.5. The van der Waals surface area contributed by atoms with Crippen molar-refractivity contribution in [3.8, 4) is 0 Å². The molecule has 27 heavy (non-hydrogen) atoms. The maximum absolute atomic E-state index is 12.6. The van der Waals surface area contributed by atoms with Crippen LogP contribution >= 0.6 is 0 Å². The van der Waals surface area contributed by atoms with Crippen LogP contribution in [0.1, 0.15) is 89.5 Å². The van der Waals surface area contributed by atoms with Gasteiger partial charge in [-0.1, -0.05) is 47.5 Å². The Bertz CT molecular complexity index is 567. The summed E-state index contributed by atoms with van der Waals surface area (Å²) in [5.41, 5.74) is 0.274. The van der Waals surface area contributed by atoms with Crippen LogP contribution in [0.2, 0.25) is 0 Å². The smallest absolute Gasteiger partial charge is 0.273 e. The average molecular weight is 380 g/mol. The number of hydrogen-bond acceptors (Lipinski definition) is 4. The Morgan fingerprint density at radius 1 is 1.15 bits per heavy atom. The second-order valence-corrected chi connectivity index (χ2v) is 8.02. The molecule has 1 heterocycles. The van der Waals surface area contributed by atoms with Crippen molar-refractivity contribution < 1.29 is 14.0 Å². The number of amides is 2. The molecule has 0 radical (unpaired) electrons. The molecule has 0 saturated carbocycles. The minimum atomic E-state index is -0.228. The van der Waals surface area contributed by atoms with E-state index in [0.717, 1.165) is 32.1 Å². The highest BCUT2D eigenvalue weighted by Gasteiger charge is 2.18. The highest BCUT2D eigenvalue weighted by Crippen LogP contribution is 2.12. The quantitative estimate of drug-likeness (QED) is 0.515. The minimum absolute atomic E-state index is 0.130. The summed E-state index contributed by atoms with van der Waals surface area (Å²) in [6.45, 7) is 12.3. The Kier molecular flexibility index (Phi) is 10.8. The van der Waals surface area contributed by atoms with E-state index in [4.69, 9.17) is 4.42 Å². The van der Waals surface area contributed by atoms with Crippen LogP contribution in [0.5, 0.6) is 0 Å². The van der Waals surface area contributed by atoms with Crippen molar-refractivity contribution in [3.05, 3.63) is 17.8 Å². The highest BCUT2D eigenvalue weighted by molar-refractivity contribution is 5.91. The summed E-state index contributed by atoms with van der Waals surface area (Å²) in [6, 6.07) is 0. The third kappa shape index (κ3) is 9.59. The number of hydrogen-bond donors (Lipinski definition) is 1. The first-order chi connectivity index (χ1) is 12.8. The Morgan fingerprint density at radius 2 is 1.85 bits per heavy atom. The van der Waals surface area contributed by atoms with Crippen LogP contribution in [0, 0.1) is 11.8 Å². The lowest BCUT2D eigenvalue weighted by molar-refractivity contribution is -0.132. The van der Waals surface area contributed by atoms with Crippen LogP contribution in [0.25, 0.3) is 0 Å². The summed E-state index contributed by atoms with van der Waals surface area (Å²) in [6.07, 6.45) is 6.84. The topological polar surface area (TPSA) is 75.4 Å². The number of nitrogens with one attached hydrogen (secondary N) is 1. The largest absolute Gasteiger partial charge is 0.446 e. The summed E-state index contributed by atoms with van der Waals surface area (Å²) in [5.74, 6) is 1.37. The molecule has 2 amide bonds. The maximum atomic E-state index is 12.6. The number of carbonyl (C=O) groups is 2. The SMILES string of the molecule is CCCCCC(=O)N(CCC(C)C)Cc1nc(C(=O)NCCC(C)C)co1. The Labute approximate surface area is 164 Å². The first-order valence-corrected chi connectivity index (χ1v) is 10.3. The summed E-state index contributed by atoms with van der Waals surface area (Å²) < 4.78 is 5.46. The molecule has 1 aromatic heterocycles. The van der Waals surface area contributed by atoms with Gasteiger partial charge in [0.25, 0.3) is 5.91 Å². The van der Waals surface area contributed by atoms with E-state index in [1.54, 1.807) is 0 Å². The molecule has 0 aliphatic carbocycles. The molecule has 0 aliphatic heterocycles. The third-order valence-corrected chi connectivity index (χ3v) is 4.44. The van der Waals surface area contributed by atoms with E-state index in [9.17, 15) is 9.59 Å². The van der Waals surface area contributed by atoms with Crippen LogP contribution in [0.4, 0.5) is 0 Å².